The highest BCUT2D eigenvalue weighted by Crippen LogP contribution is 2.23. The van der Waals surface area contributed by atoms with Crippen LogP contribution in [0.4, 0.5) is 10.1 Å². The lowest BCUT2D eigenvalue weighted by molar-refractivity contribution is 0.0565. The molecule has 0 atom stereocenters. The van der Waals surface area contributed by atoms with Crippen LogP contribution in [-0.2, 0) is 14.8 Å². The molecule has 2 aromatic rings. The molecule has 1 aliphatic carbocycles. The molecule has 30 heavy (non-hydrogen) atoms. The molecule has 1 amide bonds. The predicted octanol–water partition coefficient (Wildman–Crippen LogP) is 3.73. The topological polar surface area (TPSA) is 75.7 Å². The summed E-state index contributed by atoms with van der Waals surface area (Å²) in [4.78, 5) is 12.4. The van der Waals surface area contributed by atoms with Gasteiger partial charge in [-0.15, -0.1) is 0 Å². The summed E-state index contributed by atoms with van der Waals surface area (Å²) in [5.41, 5.74) is 0.591. The highest BCUT2D eigenvalue weighted by Gasteiger charge is 2.22. The first-order valence-electron chi connectivity index (χ1n) is 10.1. The molecule has 0 aromatic heterocycles. The minimum Gasteiger partial charge on any atom is -0.378 e. The average molecular weight is 435 g/mol. The van der Waals surface area contributed by atoms with Crippen LogP contribution in [0, 0.1) is 5.82 Å². The van der Waals surface area contributed by atoms with Crippen molar-refractivity contribution in [2.45, 2.75) is 43.1 Å². The summed E-state index contributed by atoms with van der Waals surface area (Å²) in [5, 5.41) is 2.80. The van der Waals surface area contributed by atoms with Crippen molar-refractivity contribution in [3.63, 3.8) is 0 Å². The quantitative estimate of drug-likeness (QED) is 0.610. The van der Waals surface area contributed by atoms with E-state index in [1.807, 2.05) is 0 Å². The van der Waals surface area contributed by atoms with Gasteiger partial charge in [-0.1, -0.05) is 18.9 Å². The van der Waals surface area contributed by atoms with Crippen molar-refractivity contribution < 1.29 is 22.3 Å². The van der Waals surface area contributed by atoms with Crippen molar-refractivity contribution in [1.82, 2.24) is 5.32 Å². The van der Waals surface area contributed by atoms with E-state index in [0.29, 0.717) is 31.4 Å². The Morgan fingerprint density at radius 3 is 2.57 bits per heavy atom. The van der Waals surface area contributed by atoms with Crippen molar-refractivity contribution in [3.8, 4) is 0 Å². The van der Waals surface area contributed by atoms with Crippen molar-refractivity contribution >= 4 is 21.6 Å². The van der Waals surface area contributed by atoms with Gasteiger partial charge in [0.2, 0.25) is 0 Å². The molecule has 2 aromatic carbocycles. The largest absolute Gasteiger partial charge is 0.378 e. The van der Waals surface area contributed by atoms with Crippen LogP contribution in [0.2, 0.25) is 0 Å². The van der Waals surface area contributed by atoms with E-state index in [4.69, 9.17) is 4.74 Å². The number of carbonyl (C=O) groups excluding carboxylic acids is 1. The number of nitrogens with zero attached hydrogens (tertiary/aromatic N) is 1. The fourth-order valence-corrected chi connectivity index (χ4v) is 4.67. The smallest absolute Gasteiger partial charge is 0.264 e. The summed E-state index contributed by atoms with van der Waals surface area (Å²) in [6, 6.07) is 11.0. The first kappa shape index (κ1) is 22.2. The normalized spacial score (nSPS) is 14.6. The van der Waals surface area contributed by atoms with Gasteiger partial charge in [0.05, 0.1) is 16.7 Å². The van der Waals surface area contributed by atoms with E-state index in [-0.39, 0.29) is 16.4 Å². The number of hydrogen-bond acceptors (Lipinski definition) is 4. The molecule has 3 rings (SSSR count). The van der Waals surface area contributed by atoms with Gasteiger partial charge in [0.25, 0.3) is 15.9 Å². The maximum atomic E-state index is 13.1. The van der Waals surface area contributed by atoms with Crippen LogP contribution in [0.3, 0.4) is 0 Å². The van der Waals surface area contributed by atoms with E-state index < -0.39 is 15.8 Å². The zero-order chi connectivity index (χ0) is 21.6. The molecule has 162 valence electrons. The van der Waals surface area contributed by atoms with Gasteiger partial charge in [-0.25, -0.2) is 12.8 Å². The number of rotatable bonds is 9. The van der Waals surface area contributed by atoms with E-state index in [1.165, 1.54) is 62.4 Å². The highest BCUT2D eigenvalue weighted by atomic mass is 32.2. The predicted molar refractivity (Wildman–Crippen MR) is 114 cm³/mol. The molecule has 0 heterocycles. The lowest BCUT2D eigenvalue weighted by atomic mass is 10.2. The summed E-state index contributed by atoms with van der Waals surface area (Å²) in [6.45, 7) is 1.06. The van der Waals surface area contributed by atoms with E-state index in [9.17, 15) is 17.6 Å². The first-order chi connectivity index (χ1) is 14.4. The Hall–Kier alpha value is -2.45. The number of ether oxygens (including phenoxy) is 1. The van der Waals surface area contributed by atoms with Gasteiger partial charge in [0.15, 0.2) is 0 Å². The molecule has 0 saturated heterocycles. The van der Waals surface area contributed by atoms with Crippen LogP contribution in [0.5, 0.6) is 0 Å². The summed E-state index contributed by atoms with van der Waals surface area (Å²) < 4.78 is 45.8. The Bertz CT molecular complexity index is 957. The summed E-state index contributed by atoms with van der Waals surface area (Å²) >= 11 is 0. The molecule has 1 saturated carbocycles. The Balaban J connectivity index is 1.58. The maximum Gasteiger partial charge on any atom is 0.264 e. The van der Waals surface area contributed by atoms with Crippen molar-refractivity contribution in [3.05, 3.63) is 59.9 Å². The lowest BCUT2D eigenvalue weighted by Gasteiger charge is -2.20. The Labute approximate surface area is 177 Å². The van der Waals surface area contributed by atoms with Gasteiger partial charge in [0.1, 0.15) is 5.82 Å². The molecule has 6 nitrogen and oxygen atoms in total. The number of sulfonamides is 1. The minimum atomic E-state index is -3.89. The van der Waals surface area contributed by atoms with Gasteiger partial charge in [-0.2, -0.15) is 0 Å². The molecule has 0 radical (unpaired) electrons. The average Bonchev–Trinajstić information content (AvgIpc) is 3.27. The first-order valence-corrected chi connectivity index (χ1v) is 11.6. The maximum absolute atomic E-state index is 13.1. The fourth-order valence-electron chi connectivity index (χ4n) is 3.43. The van der Waals surface area contributed by atoms with Gasteiger partial charge < -0.3 is 10.1 Å². The van der Waals surface area contributed by atoms with Crippen LogP contribution in [-0.4, -0.2) is 40.6 Å². The lowest BCUT2D eigenvalue weighted by Crippen LogP contribution is -2.28. The number of carbonyl (C=O) groups is 1. The van der Waals surface area contributed by atoms with E-state index in [2.05, 4.69) is 5.32 Å². The molecular formula is C22H27FN2O4S. The SMILES string of the molecule is CN(c1ccc(F)cc1)S(=O)(=O)c1cccc(C(=O)NCCCOC2CCCC2)c1. The van der Waals surface area contributed by atoms with Crippen molar-refractivity contribution in [2.75, 3.05) is 24.5 Å². The molecule has 8 heteroatoms. The molecule has 0 spiro atoms. The third-order valence-electron chi connectivity index (χ3n) is 5.21. The number of amides is 1. The van der Waals surface area contributed by atoms with Crippen LogP contribution in [0.25, 0.3) is 0 Å². The summed E-state index contributed by atoms with van der Waals surface area (Å²) in [7, 11) is -2.50. The number of halogens is 1. The Kier molecular flexibility index (Phi) is 7.44. The van der Waals surface area contributed by atoms with Crippen molar-refractivity contribution in [2.24, 2.45) is 0 Å². The summed E-state index contributed by atoms with van der Waals surface area (Å²) in [5.74, 6) is -0.783. The third-order valence-corrected chi connectivity index (χ3v) is 6.99. The minimum absolute atomic E-state index is 0.00783. The molecule has 1 aliphatic rings. The second kappa shape index (κ2) is 10.0. The molecule has 0 unspecified atom stereocenters. The molecule has 1 N–H and O–H groups in total. The number of hydrogen-bond donors (Lipinski definition) is 1. The number of anilines is 1. The highest BCUT2D eigenvalue weighted by molar-refractivity contribution is 7.92. The molecular weight excluding hydrogens is 407 g/mol. The zero-order valence-corrected chi connectivity index (χ0v) is 17.8. The Morgan fingerprint density at radius 2 is 1.87 bits per heavy atom. The fraction of sp³-hybridized carbons (Fsp3) is 0.409. The Morgan fingerprint density at radius 1 is 1.17 bits per heavy atom. The molecule has 0 aliphatic heterocycles. The third kappa shape index (κ3) is 5.58. The number of nitrogens with one attached hydrogen (secondary N) is 1. The van der Waals surface area contributed by atoms with Crippen LogP contribution >= 0.6 is 0 Å². The van der Waals surface area contributed by atoms with Crippen LogP contribution in [0.1, 0.15) is 42.5 Å². The van der Waals surface area contributed by atoms with Gasteiger partial charge in [-0.3, -0.25) is 9.10 Å². The van der Waals surface area contributed by atoms with E-state index in [0.717, 1.165) is 17.1 Å². The second-order valence-corrected chi connectivity index (χ2v) is 9.33. The van der Waals surface area contributed by atoms with E-state index in [1.54, 1.807) is 6.07 Å². The van der Waals surface area contributed by atoms with Crippen molar-refractivity contribution in [1.29, 1.82) is 0 Å². The molecule has 1 fully saturated rings. The van der Waals surface area contributed by atoms with Gasteiger partial charge in [0, 0.05) is 25.8 Å². The van der Waals surface area contributed by atoms with E-state index >= 15 is 0 Å². The van der Waals surface area contributed by atoms with Crippen LogP contribution in [0.15, 0.2) is 53.4 Å². The molecule has 0 bridgehead atoms. The monoisotopic (exact) mass is 434 g/mol. The second-order valence-electron chi connectivity index (χ2n) is 7.36. The van der Waals surface area contributed by atoms with Crippen LogP contribution < -0.4 is 9.62 Å². The standard InChI is InChI=1S/C22H27FN2O4S/c1-25(19-12-10-18(23)11-13-19)30(27,28)21-9-4-6-17(16-21)22(26)24-14-5-15-29-20-7-2-3-8-20/h4,6,9-13,16,20H,2-3,5,7-8,14-15H2,1H3,(H,24,26). The number of benzene rings is 2. The van der Waals surface area contributed by atoms with Gasteiger partial charge in [-0.05, 0) is 61.7 Å². The summed E-state index contributed by atoms with van der Waals surface area (Å²) in [6.07, 6.45) is 5.71. The zero-order valence-electron chi connectivity index (χ0n) is 17.0. The van der Waals surface area contributed by atoms with Gasteiger partial charge >= 0.3 is 0 Å².